The molecule has 0 aromatic heterocycles. The number of hydrogen-bond donors (Lipinski definition) is 0. The van der Waals surface area contributed by atoms with Crippen molar-refractivity contribution in [1.82, 2.24) is 0 Å². The maximum Gasteiger partial charge on any atom is 0.306 e. The monoisotopic (exact) mass is 919 g/mol. The van der Waals surface area contributed by atoms with Gasteiger partial charge in [0.05, 0.1) is 0 Å². The van der Waals surface area contributed by atoms with E-state index in [9.17, 15) is 14.4 Å². The van der Waals surface area contributed by atoms with Gasteiger partial charge in [0.15, 0.2) is 6.10 Å². The van der Waals surface area contributed by atoms with Crippen LogP contribution in [0.25, 0.3) is 0 Å². The molecule has 0 aliphatic rings. The smallest absolute Gasteiger partial charge is 0.306 e. The number of carbonyl (C=O) groups excluding carboxylic acids is 3. The first-order valence-electron chi connectivity index (χ1n) is 29.5. The molecule has 6 nitrogen and oxygen atoms in total. The summed E-state index contributed by atoms with van der Waals surface area (Å²) in [6.07, 6.45) is 61.0. The second kappa shape index (κ2) is 55.0. The van der Waals surface area contributed by atoms with Crippen LogP contribution in [0.3, 0.4) is 0 Å². The average Bonchev–Trinajstić information content (AvgIpc) is 3.30. The van der Waals surface area contributed by atoms with Gasteiger partial charge in [0.1, 0.15) is 13.2 Å². The van der Waals surface area contributed by atoms with Crippen molar-refractivity contribution < 1.29 is 28.6 Å². The number of ether oxygens (including phenoxy) is 3. The predicted octanol–water partition coefficient (Wildman–Crippen LogP) is 19.5. The minimum absolute atomic E-state index is 0.0612. The maximum atomic E-state index is 12.8. The Bertz CT molecular complexity index is 967. The van der Waals surface area contributed by atoms with Gasteiger partial charge in [0.25, 0.3) is 0 Å². The van der Waals surface area contributed by atoms with Crippen LogP contribution in [-0.2, 0) is 28.6 Å². The van der Waals surface area contributed by atoms with E-state index >= 15 is 0 Å². The van der Waals surface area contributed by atoms with Gasteiger partial charge in [-0.25, -0.2) is 0 Å². The van der Waals surface area contributed by atoms with Crippen molar-refractivity contribution in [2.75, 3.05) is 13.2 Å². The predicted molar refractivity (Wildman–Crippen MR) is 280 cm³/mol. The highest BCUT2D eigenvalue weighted by Gasteiger charge is 2.19. The quantitative estimate of drug-likeness (QED) is 0.0344. The Hall–Kier alpha value is -1.59. The third-order valence-electron chi connectivity index (χ3n) is 13.6. The number of rotatable bonds is 55. The Morgan fingerprint density at radius 1 is 0.246 bits per heavy atom. The van der Waals surface area contributed by atoms with Crippen LogP contribution in [0, 0.1) is 0 Å². The highest BCUT2D eigenvalue weighted by atomic mass is 16.6. The molecule has 0 bridgehead atoms. The first kappa shape index (κ1) is 63.4. The van der Waals surface area contributed by atoms with Gasteiger partial charge < -0.3 is 14.2 Å². The van der Waals surface area contributed by atoms with E-state index in [0.29, 0.717) is 19.3 Å². The Kier molecular flexibility index (Phi) is 53.7. The summed E-state index contributed by atoms with van der Waals surface area (Å²) in [6, 6.07) is 0. The number of carbonyl (C=O) groups is 3. The van der Waals surface area contributed by atoms with E-state index in [2.05, 4.69) is 20.8 Å². The average molecular weight is 920 g/mol. The molecule has 386 valence electrons. The lowest BCUT2D eigenvalue weighted by Crippen LogP contribution is -2.30. The minimum Gasteiger partial charge on any atom is -0.462 e. The Morgan fingerprint density at radius 2 is 0.415 bits per heavy atom. The first-order valence-corrected chi connectivity index (χ1v) is 29.5. The molecule has 0 aromatic rings. The van der Waals surface area contributed by atoms with Crippen molar-refractivity contribution in [3.63, 3.8) is 0 Å². The van der Waals surface area contributed by atoms with Crippen LogP contribution in [0.2, 0.25) is 0 Å². The molecular weight excluding hydrogens is 805 g/mol. The molecule has 0 N–H and O–H groups in total. The molecule has 0 radical (unpaired) electrons. The van der Waals surface area contributed by atoms with Crippen molar-refractivity contribution in [3.8, 4) is 0 Å². The fourth-order valence-electron chi connectivity index (χ4n) is 9.15. The standard InChI is InChI=1S/C59H114O6/c1-4-7-10-13-16-19-22-24-26-28-29-31-33-35-38-40-43-46-49-52-58(61)64-55-56(65-59(62)53-50-47-44-41-36-21-18-15-12-9-6-3)54-63-57(60)51-48-45-42-39-37-34-32-30-27-25-23-20-17-14-11-8-5-2/h56H,4-55H2,1-3H3/t56-/m1/s1. The van der Waals surface area contributed by atoms with E-state index in [1.54, 1.807) is 0 Å². The molecule has 0 amide bonds. The second-order valence-electron chi connectivity index (χ2n) is 20.3. The number of esters is 3. The van der Waals surface area contributed by atoms with Crippen molar-refractivity contribution in [3.05, 3.63) is 0 Å². The van der Waals surface area contributed by atoms with Gasteiger partial charge in [-0.05, 0) is 19.3 Å². The molecule has 0 rings (SSSR count). The zero-order valence-electron chi connectivity index (χ0n) is 44.3. The molecule has 0 aliphatic heterocycles. The van der Waals surface area contributed by atoms with E-state index in [0.717, 1.165) is 57.8 Å². The zero-order valence-corrected chi connectivity index (χ0v) is 44.3. The van der Waals surface area contributed by atoms with Gasteiger partial charge in [-0.2, -0.15) is 0 Å². The molecular formula is C59H114O6. The van der Waals surface area contributed by atoms with Crippen molar-refractivity contribution in [2.24, 2.45) is 0 Å². The number of hydrogen-bond acceptors (Lipinski definition) is 6. The highest BCUT2D eigenvalue weighted by molar-refractivity contribution is 5.71. The zero-order chi connectivity index (χ0) is 47.2. The molecule has 65 heavy (non-hydrogen) atoms. The summed E-state index contributed by atoms with van der Waals surface area (Å²) in [5, 5.41) is 0. The Balaban J connectivity index is 4.22. The Morgan fingerprint density at radius 3 is 0.615 bits per heavy atom. The van der Waals surface area contributed by atoms with E-state index in [1.165, 1.54) is 244 Å². The SMILES string of the molecule is CCCCCCCCCCCCCCCCCCCCCC(=O)OC[C@@H](COC(=O)CCCCCCCCCCCCCCCCCCC)OC(=O)CCCCCCCCCCCCC. The summed E-state index contributed by atoms with van der Waals surface area (Å²) in [5.74, 6) is -0.832. The van der Waals surface area contributed by atoms with Crippen LogP contribution in [0.5, 0.6) is 0 Å². The van der Waals surface area contributed by atoms with Crippen LogP contribution in [0.1, 0.15) is 342 Å². The summed E-state index contributed by atoms with van der Waals surface area (Å²) in [5.41, 5.74) is 0. The maximum absolute atomic E-state index is 12.8. The topological polar surface area (TPSA) is 78.9 Å². The lowest BCUT2D eigenvalue weighted by molar-refractivity contribution is -0.167. The van der Waals surface area contributed by atoms with Gasteiger partial charge in [-0.3, -0.25) is 14.4 Å². The fraction of sp³-hybridized carbons (Fsp3) is 0.949. The third-order valence-corrected chi connectivity index (χ3v) is 13.6. The normalized spacial score (nSPS) is 11.9. The molecule has 0 saturated heterocycles. The summed E-state index contributed by atoms with van der Waals surface area (Å²) in [6.45, 7) is 6.70. The van der Waals surface area contributed by atoms with Crippen molar-refractivity contribution >= 4 is 17.9 Å². The largest absolute Gasteiger partial charge is 0.462 e. The van der Waals surface area contributed by atoms with Crippen LogP contribution in [0.15, 0.2) is 0 Å². The van der Waals surface area contributed by atoms with Crippen molar-refractivity contribution in [2.45, 2.75) is 348 Å². The lowest BCUT2D eigenvalue weighted by Gasteiger charge is -2.18. The van der Waals surface area contributed by atoms with Gasteiger partial charge in [0, 0.05) is 19.3 Å². The first-order chi connectivity index (χ1) is 32.0. The Labute approximate surface area is 406 Å². The molecule has 0 aliphatic carbocycles. The van der Waals surface area contributed by atoms with Gasteiger partial charge in [-0.15, -0.1) is 0 Å². The minimum atomic E-state index is -0.760. The molecule has 0 unspecified atom stereocenters. The molecule has 6 heteroatoms. The highest BCUT2D eigenvalue weighted by Crippen LogP contribution is 2.18. The number of unbranched alkanes of at least 4 members (excludes halogenated alkanes) is 44. The van der Waals surface area contributed by atoms with E-state index in [-0.39, 0.29) is 31.1 Å². The van der Waals surface area contributed by atoms with Crippen LogP contribution >= 0.6 is 0 Å². The molecule has 0 spiro atoms. The van der Waals surface area contributed by atoms with Gasteiger partial charge >= 0.3 is 17.9 Å². The van der Waals surface area contributed by atoms with Crippen molar-refractivity contribution in [1.29, 1.82) is 0 Å². The van der Waals surface area contributed by atoms with Crippen LogP contribution in [0.4, 0.5) is 0 Å². The second-order valence-corrected chi connectivity index (χ2v) is 20.3. The van der Waals surface area contributed by atoms with Crippen LogP contribution in [-0.4, -0.2) is 37.2 Å². The van der Waals surface area contributed by atoms with E-state index < -0.39 is 6.10 Å². The summed E-state index contributed by atoms with van der Waals surface area (Å²) in [4.78, 5) is 38.1. The third kappa shape index (κ3) is 53.2. The molecule has 0 saturated carbocycles. The lowest BCUT2D eigenvalue weighted by atomic mass is 10.0. The van der Waals surface area contributed by atoms with E-state index in [4.69, 9.17) is 14.2 Å². The van der Waals surface area contributed by atoms with E-state index in [1.807, 2.05) is 0 Å². The summed E-state index contributed by atoms with van der Waals surface area (Å²) < 4.78 is 16.9. The molecule has 0 aromatic carbocycles. The molecule has 0 heterocycles. The fourth-order valence-corrected chi connectivity index (χ4v) is 9.15. The molecule has 1 atom stereocenters. The van der Waals surface area contributed by atoms with Crippen LogP contribution < -0.4 is 0 Å². The molecule has 0 fully saturated rings. The summed E-state index contributed by atoms with van der Waals surface area (Å²) >= 11 is 0. The van der Waals surface area contributed by atoms with Gasteiger partial charge in [0.2, 0.25) is 0 Å². The van der Waals surface area contributed by atoms with Gasteiger partial charge in [-0.1, -0.05) is 303 Å². The summed E-state index contributed by atoms with van der Waals surface area (Å²) in [7, 11) is 0.